The topological polar surface area (TPSA) is 79.0 Å². The molecule has 1 aromatic carbocycles. The van der Waals surface area contributed by atoms with Crippen molar-refractivity contribution >= 4 is 17.0 Å². The van der Waals surface area contributed by atoms with Crippen LogP contribution in [0.15, 0.2) is 24.4 Å². The van der Waals surface area contributed by atoms with Crippen molar-refractivity contribution in [3.63, 3.8) is 0 Å². The summed E-state index contributed by atoms with van der Waals surface area (Å²) in [6, 6.07) is 6.57. The number of ether oxygens (including phenoxy) is 1. The van der Waals surface area contributed by atoms with Crippen LogP contribution >= 0.6 is 0 Å². The number of nitrogens with zero attached hydrogens (tertiary/aromatic N) is 1. The van der Waals surface area contributed by atoms with Crippen LogP contribution in [0, 0.1) is 0 Å². The van der Waals surface area contributed by atoms with E-state index in [1.54, 1.807) is 0 Å². The number of amides is 1. The van der Waals surface area contributed by atoms with E-state index in [-0.39, 0.29) is 18.2 Å². The Hall–Kier alpha value is -2.08. The van der Waals surface area contributed by atoms with Crippen LogP contribution in [0.25, 0.3) is 10.9 Å². The number of aromatic amines is 1. The Morgan fingerprint density at radius 3 is 2.75 bits per heavy atom. The Bertz CT molecular complexity index is 675. The molecule has 0 radical (unpaired) electrons. The number of alkyl carbamates (subject to hydrolysis) is 1. The Labute approximate surface area is 143 Å². The first-order valence-corrected chi connectivity index (χ1v) is 8.38. The van der Waals surface area contributed by atoms with Crippen molar-refractivity contribution in [2.24, 2.45) is 0 Å². The fourth-order valence-corrected chi connectivity index (χ4v) is 2.57. The second-order valence-electron chi connectivity index (χ2n) is 7.36. The summed E-state index contributed by atoms with van der Waals surface area (Å²) in [5.74, 6) is 0. The van der Waals surface area contributed by atoms with Gasteiger partial charge in [-0.3, -0.25) is 5.10 Å². The minimum atomic E-state index is -0.473. The Balaban J connectivity index is 1.75. The fourth-order valence-electron chi connectivity index (χ4n) is 2.57. The van der Waals surface area contributed by atoms with E-state index in [9.17, 15) is 4.79 Å². The fraction of sp³-hybridized carbons (Fsp3) is 0.556. The minimum absolute atomic E-state index is 0.0393. The number of H-pyrrole nitrogens is 1. The van der Waals surface area contributed by atoms with Gasteiger partial charge in [0.1, 0.15) is 5.60 Å². The van der Waals surface area contributed by atoms with Crippen molar-refractivity contribution in [1.82, 2.24) is 20.8 Å². The number of aromatic nitrogens is 2. The van der Waals surface area contributed by atoms with Gasteiger partial charge in [-0.1, -0.05) is 12.1 Å². The van der Waals surface area contributed by atoms with Gasteiger partial charge in [-0.25, -0.2) is 4.79 Å². The molecule has 2 rings (SSSR count). The normalized spacial score (nSPS) is 14.4. The first-order valence-electron chi connectivity index (χ1n) is 8.38. The average molecular weight is 332 g/mol. The summed E-state index contributed by atoms with van der Waals surface area (Å²) in [5.41, 5.74) is 1.77. The van der Waals surface area contributed by atoms with Crippen LogP contribution in [-0.4, -0.2) is 34.0 Å². The highest BCUT2D eigenvalue weighted by atomic mass is 16.6. The monoisotopic (exact) mass is 332 g/mol. The first kappa shape index (κ1) is 18.3. The number of benzene rings is 1. The number of rotatable bonds is 6. The van der Waals surface area contributed by atoms with Crippen LogP contribution < -0.4 is 10.6 Å². The number of fused-ring (bicyclic) bond motifs is 1. The van der Waals surface area contributed by atoms with E-state index in [0.717, 1.165) is 23.9 Å². The molecule has 2 aromatic rings. The Morgan fingerprint density at radius 2 is 2.04 bits per heavy atom. The summed E-state index contributed by atoms with van der Waals surface area (Å²) in [7, 11) is 0. The largest absolute Gasteiger partial charge is 0.444 e. The maximum atomic E-state index is 11.8. The standard InChI is InChI=1S/C18H28N4O2/c1-12(8-13(2)21-17(23)24-18(3,4)5)19-10-14-6-7-15-11-20-22-16(15)9-14/h6-7,9,11-13,19H,8,10H2,1-5H3,(H,20,22)(H,21,23). The van der Waals surface area contributed by atoms with Crippen LogP contribution in [0.5, 0.6) is 0 Å². The quantitative estimate of drug-likeness (QED) is 0.758. The van der Waals surface area contributed by atoms with Crippen LogP contribution in [0.2, 0.25) is 0 Å². The lowest BCUT2D eigenvalue weighted by Gasteiger charge is -2.23. The summed E-state index contributed by atoms with van der Waals surface area (Å²) in [4.78, 5) is 11.8. The van der Waals surface area contributed by atoms with E-state index in [1.807, 2.05) is 33.9 Å². The molecule has 2 unspecified atom stereocenters. The molecule has 0 saturated carbocycles. The van der Waals surface area contributed by atoms with Crippen molar-refractivity contribution in [2.75, 3.05) is 0 Å². The van der Waals surface area contributed by atoms with Crippen molar-refractivity contribution in [1.29, 1.82) is 0 Å². The molecule has 3 N–H and O–H groups in total. The van der Waals surface area contributed by atoms with E-state index >= 15 is 0 Å². The van der Waals surface area contributed by atoms with Gasteiger partial charge in [-0.15, -0.1) is 0 Å². The molecule has 0 fully saturated rings. The molecule has 0 bridgehead atoms. The summed E-state index contributed by atoms with van der Waals surface area (Å²) in [6.07, 6.45) is 2.27. The lowest BCUT2D eigenvalue weighted by atomic mass is 10.1. The molecule has 0 spiro atoms. The highest BCUT2D eigenvalue weighted by molar-refractivity contribution is 5.78. The van der Waals surface area contributed by atoms with Crippen molar-refractivity contribution in [3.05, 3.63) is 30.0 Å². The summed E-state index contributed by atoms with van der Waals surface area (Å²) in [5, 5.41) is 14.5. The van der Waals surface area contributed by atoms with Crippen LogP contribution in [0.4, 0.5) is 4.79 Å². The summed E-state index contributed by atoms with van der Waals surface area (Å²) < 4.78 is 5.27. The van der Waals surface area contributed by atoms with E-state index in [4.69, 9.17) is 4.74 Å². The maximum absolute atomic E-state index is 11.8. The number of hydrogen-bond donors (Lipinski definition) is 3. The third kappa shape index (κ3) is 5.85. The molecule has 24 heavy (non-hydrogen) atoms. The molecule has 0 aliphatic rings. The van der Waals surface area contributed by atoms with Gasteiger partial charge in [-0.2, -0.15) is 5.10 Å². The zero-order valence-corrected chi connectivity index (χ0v) is 15.1. The number of hydrogen-bond acceptors (Lipinski definition) is 4. The van der Waals surface area contributed by atoms with E-state index < -0.39 is 5.60 Å². The second kappa shape index (κ2) is 7.66. The molecule has 6 nitrogen and oxygen atoms in total. The molecule has 132 valence electrons. The van der Waals surface area contributed by atoms with Gasteiger partial charge in [0.05, 0.1) is 11.7 Å². The van der Waals surface area contributed by atoms with Gasteiger partial charge < -0.3 is 15.4 Å². The van der Waals surface area contributed by atoms with Crippen molar-refractivity contribution < 1.29 is 9.53 Å². The summed E-state index contributed by atoms with van der Waals surface area (Å²) in [6.45, 7) is 10.4. The molecule has 1 amide bonds. The lowest BCUT2D eigenvalue weighted by molar-refractivity contribution is 0.0504. The van der Waals surface area contributed by atoms with Crippen LogP contribution in [-0.2, 0) is 11.3 Å². The average Bonchev–Trinajstić information content (AvgIpc) is 2.90. The highest BCUT2D eigenvalue weighted by Crippen LogP contribution is 2.13. The van der Waals surface area contributed by atoms with Crippen LogP contribution in [0.3, 0.4) is 0 Å². The molecule has 0 aliphatic heterocycles. The van der Waals surface area contributed by atoms with Crippen LogP contribution in [0.1, 0.15) is 46.6 Å². The highest BCUT2D eigenvalue weighted by Gasteiger charge is 2.18. The van der Waals surface area contributed by atoms with Crippen molar-refractivity contribution in [2.45, 2.75) is 65.3 Å². The molecule has 0 saturated heterocycles. The lowest BCUT2D eigenvalue weighted by Crippen LogP contribution is -2.41. The van der Waals surface area contributed by atoms with Gasteiger partial charge >= 0.3 is 6.09 Å². The Kier molecular flexibility index (Phi) is 5.83. The zero-order chi connectivity index (χ0) is 17.7. The van der Waals surface area contributed by atoms with Gasteiger partial charge in [0.2, 0.25) is 0 Å². The zero-order valence-electron chi connectivity index (χ0n) is 15.1. The van der Waals surface area contributed by atoms with E-state index in [2.05, 4.69) is 46.0 Å². The smallest absolute Gasteiger partial charge is 0.407 e. The second-order valence-corrected chi connectivity index (χ2v) is 7.36. The minimum Gasteiger partial charge on any atom is -0.444 e. The number of nitrogens with one attached hydrogen (secondary N) is 3. The first-order chi connectivity index (χ1) is 11.2. The third-order valence-electron chi connectivity index (χ3n) is 3.63. The SMILES string of the molecule is CC(CC(C)NC(=O)OC(C)(C)C)NCc1ccc2cn[nH]c2c1. The Morgan fingerprint density at radius 1 is 1.29 bits per heavy atom. The van der Waals surface area contributed by atoms with Gasteiger partial charge in [0, 0.05) is 24.0 Å². The molecule has 0 aliphatic carbocycles. The van der Waals surface area contributed by atoms with Gasteiger partial charge in [0.25, 0.3) is 0 Å². The molecule has 6 heteroatoms. The van der Waals surface area contributed by atoms with Gasteiger partial charge in [0.15, 0.2) is 0 Å². The molecule has 1 aromatic heterocycles. The number of carbonyl (C=O) groups excluding carboxylic acids is 1. The van der Waals surface area contributed by atoms with Crippen molar-refractivity contribution in [3.8, 4) is 0 Å². The van der Waals surface area contributed by atoms with E-state index in [1.165, 1.54) is 5.56 Å². The third-order valence-corrected chi connectivity index (χ3v) is 3.63. The molecule has 1 heterocycles. The van der Waals surface area contributed by atoms with E-state index in [0.29, 0.717) is 0 Å². The van der Waals surface area contributed by atoms with Gasteiger partial charge in [-0.05, 0) is 52.7 Å². The molecular formula is C18H28N4O2. The predicted molar refractivity (Wildman–Crippen MR) is 95.8 cm³/mol. The molecular weight excluding hydrogens is 304 g/mol. The molecule has 2 atom stereocenters. The maximum Gasteiger partial charge on any atom is 0.407 e. The summed E-state index contributed by atoms with van der Waals surface area (Å²) >= 11 is 0. The number of carbonyl (C=O) groups is 1. The predicted octanol–water partition coefficient (Wildman–Crippen LogP) is 3.34.